The minimum absolute atomic E-state index is 0.0457. The minimum atomic E-state index is -0.695. The number of carbonyl (C=O) groups is 2. The zero-order valence-corrected chi connectivity index (χ0v) is 15.2. The normalized spacial score (nSPS) is 17.8. The standard InChI is InChI=1S/C19H28N2O4/c1-19(2,24)9-8-14-4-6-15(7-5-14)18(23)20-16-12-17(22)21(13-16)10-11-25-3/h4-7,16,24H,8-13H2,1-3H3,(H,20,23)/t16-/m1/s1. The molecular formula is C19H28N2O4. The van der Waals surface area contributed by atoms with Crippen LogP contribution in [0.25, 0.3) is 0 Å². The van der Waals surface area contributed by atoms with Gasteiger partial charge in [-0.05, 0) is 44.4 Å². The van der Waals surface area contributed by atoms with Gasteiger partial charge in [-0.25, -0.2) is 0 Å². The molecule has 0 spiro atoms. The molecule has 1 aromatic rings. The van der Waals surface area contributed by atoms with Gasteiger partial charge in [0.2, 0.25) is 5.91 Å². The lowest BCUT2D eigenvalue weighted by Gasteiger charge is -2.17. The minimum Gasteiger partial charge on any atom is -0.390 e. The van der Waals surface area contributed by atoms with E-state index >= 15 is 0 Å². The maximum atomic E-state index is 12.4. The predicted molar refractivity (Wildman–Crippen MR) is 95.4 cm³/mol. The average molecular weight is 348 g/mol. The van der Waals surface area contributed by atoms with Gasteiger partial charge in [0.15, 0.2) is 0 Å². The Kier molecular flexibility index (Phi) is 6.56. The summed E-state index contributed by atoms with van der Waals surface area (Å²) < 4.78 is 4.99. The van der Waals surface area contributed by atoms with Crippen LogP contribution in [-0.2, 0) is 16.0 Å². The maximum absolute atomic E-state index is 12.4. The fraction of sp³-hybridized carbons (Fsp3) is 0.579. The van der Waals surface area contributed by atoms with Crippen LogP contribution < -0.4 is 5.32 Å². The van der Waals surface area contributed by atoms with Crippen LogP contribution in [0.3, 0.4) is 0 Å². The molecule has 2 amide bonds. The van der Waals surface area contributed by atoms with Crippen molar-refractivity contribution in [2.24, 2.45) is 0 Å². The van der Waals surface area contributed by atoms with E-state index in [1.54, 1.807) is 38.0 Å². The summed E-state index contributed by atoms with van der Waals surface area (Å²) in [5, 5.41) is 12.7. The van der Waals surface area contributed by atoms with Crippen molar-refractivity contribution >= 4 is 11.8 Å². The second-order valence-corrected chi connectivity index (χ2v) is 7.22. The van der Waals surface area contributed by atoms with Crippen molar-refractivity contribution in [3.63, 3.8) is 0 Å². The Morgan fingerprint density at radius 3 is 2.64 bits per heavy atom. The number of aryl methyl sites for hydroxylation is 1. The van der Waals surface area contributed by atoms with Crippen LogP contribution in [0, 0.1) is 0 Å². The first-order valence-corrected chi connectivity index (χ1v) is 8.67. The summed E-state index contributed by atoms with van der Waals surface area (Å²) >= 11 is 0. The molecule has 1 saturated heterocycles. The van der Waals surface area contributed by atoms with Crippen molar-refractivity contribution in [3.8, 4) is 0 Å². The number of hydrogen-bond acceptors (Lipinski definition) is 4. The zero-order chi connectivity index (χ0) is 18.4. The van der Waals surface area contributed by atoms with E-state index < -0.39 is 5.60 Å². The van der Waals surface area contributed by atoms with Gasteiger partial charge in [-0.1, -0.05) is 12.1 Å². The Balaban J connectivity index is 1.86. The first-order valence-electron chi connectivity index (χ1n) is 8.67. The highest BCUT2D eigenvalue weighted by molar-refractivity contribution is 5.95. The Morgan fingerprint density at radius 1 is 1.36 bits per heavy atom. The highest BCUT2D eigenvalue weighted by Crippen LogP contribution is 2.15. The quantitative estimate of drug-likeness (QED) is 0.744. The van der Waals surface area contributed by atoms with Gasteiger partial charge >= 0.3 is 0 Å². The zero-order valence-electron chi connectivity index (χ0n) is 15.2. The lowest BCUT2D eigenvalue weighted by molar-refractivity contribution is -0.128. The van der Waals surface area contributed by atoms with Gasteiger partial charge in [-0.15, -0.1) is 0 Å². The fourth-order valence-electron chi connectivity index (χ4n) is 2.83. The lowest BCUT2D eigenvalue weighted by atomic mass is 9.98. The van der Waals surface area contributed by atoms with Gasteiger partial charge < -0.3 is 20.1 Å². The first kappa shape index (κ1) is 19.4. The molecule has 1 aliphatic heterocycles. The topological polar surface area (TPSA) is 78.9 Å². The van der Waals surface area contributed by atoms with Gasteiger partial charge in [0.1, 0.15) is 0 Å². The van der Waals surface area contributed by atoms with Gasteiger partial charge in [-0.3, -0.25) is 9.59 Å². The van der Waals surface area contributed by atoms with Crippen molar-refractivity contribution in [2.45, 2.75) is 44.8 Å². The van der Waals surface area contributed by atoms with Crippen LogP contribution in [0.1, 0.15) is 42.6 Å². The van der Waals surface area contributed by atoms with Crippen LogP contribution in [-0.4, -0.2) is 60.3 Å². The molecule has 1 aromatic carbocycles. The van der Waals surface area contributed by atoms with E-state index in [1.807, 2.05) is 12.1 Å². The lowest BCUT2D eigenvalue weighted by Crippen LogP contribution is -2.37. The third-order valence-corrected chi connectivity index (χ3v) is 4.36. The molecule has 25 heavy (non-hydrogen) atoms. The number of aliphatic hydroxyl groups is 1. The smallest absolute Gasteiger partial charge is 0.251 e. The van der Waals surface area contributed by atoms with E-state index in [4.69, 9.17) is 4.74 Å². The number of benzene rings is 1. The summed E-state index contributed by atoms with van der Waals surface area (Å²) in [6, 6.07) is 7.23. The largest absolute Gasteiger partial charge is 0.390 e. The van der Waals surface area contributed by atoms with E-state index in [0.717, 1.165) is 12.0 Å². The molecule has 0 bridgehead atoms. The number of likely N-dealkylation sites (tertiary alicyclic amines) is 1. The van der Waals surface area contributed by atoms with Crippen LogP contribution in [0.15, 0.2) is 24.3 Å². The molecular weight excluding hydrogens is 320 g/mol. The summed E-state index contributed by atoms with van der Waals surface area (Å²) in [6.07, 6.45) is 1.76. The molecule has 138 valence electrons. The van der Waals surface area contributed by atoms with Crippen LogP contribution in [0.5, 0.6) is 0 Å². The summed E-state index contributed by atoms with van der Waals surface area (Å²) in [5.41, 5.74) is 0.968. The molecule has 0 radical (unpaired) electrons. The van der Waals surface area contributed by atoms with Gasteiger partial charge in [0, 0.05) is 32.2 Å². The molecule has 2 rings (SSSR count). The number of rotatable bonds is 8. The Morgan fingerprint density at radius 2 is 2.04 bits per heavy atom. The van der Waals surface area contributed by atoms with Crippen LogP contribution in [0.4, 0.5) is 0 Å². The van der Waals surface area contributed by atoms with E-state index in [0.29, 0.717) is 38.1 Å². The Labute approximate surface area is 149 Å². The second kappa shape index (κ2) is 8.45. The van der Waals surface area contributed by atoms with Gasteiger partial charge in [0.05, 0.1) is 18.2 Å². The average Bonchev–Trinajstić information content (AvgIpc) is 2.90. The summed E-state index contributed by atoms with van der Waals surface area (Å²) in [7, 11) is 1.60. The van der Waals surface area contributed by atoms with Crippen molar-refractivity contribution in [1.82, 2.24) is 10.2 Å². The molecule has 1 aliphatic rings. The highest BCUT2D eigenvalue weighted by Gasteiger charge is 2.30. The summed E-state index contributed by atoms with van der Waals surface area (Å²) in [4.78, 5) is 26.0. The predicted octanol–water partition coefficient (Wildman–Crippen LogP) is 1.37. The molecule has 1 fully saturated rings. The Bertz CT molecular complexity index is 592. The molecule has 0 unspecified atom stereocenters. The Hall–Kier alpha value is -1.92. The number of nitrogens with zero attached hydrogens (tertiary/aromatic N) is 1. The first-order chi connectivity index (χ1) is 11.8. The molecule has 1 heterocycles. The molecule has 1 atom stereocenters. The molecule has 0 saturated carbocycles. The van der Waals surface area contributed by atoms with E-state index in [9.17, 15) is 14.7 Å². The summed E-state index contributed by atoms with van der Waals surface area (Å²) in [6.45, 7) is 5.15. The monoisotopic (exact) mass is 348 g/mol. The van der Waals surface area contributed by atoms with Gasteiger partial charge in [0.25, 0.3) is 5.91 Å². The van der Waals surface area contributed by atoms with E-state index in [2.05, 4.69) is 5.32 Å². The third kappa shape index (κ3) is 6.14. The maximum Gasteiger partial charge on any atom is 0.251 e. The molecule has 2 N–H and O–H groups in total. The number of methoxy groups -OCH3 is 1. The number of hydrogen-bond donors (Lipinski definition) is 2. The SMILES string of the molecule is COCCN1C[C@H](NC(=O)c2ccc(CCC(C)(C)O)cc2)CC1=O. The molecule has 6 heteroatoms. The summed E-state index contributed by atoms with van der Waals surface area (Å²) in [5.74, 6) is -0.121. The van der Waals surface area contributed by atoms with Crippen LogP contribution >= 0.6 is 0 Å². The fourth-order valence-corrected chi connectivity index (χ4v) is 2.83. The number of nitrogens with one attached hydrogen (secondary N) is 1. The van der Waals surface area contributed by atoms with E-state index in [1.165, 1.54) is 0 Å². The van der Waals surface area contributed by atoms with Crippen molar-refractivity contribution in [1.29, 1.82) is 0 Å². The van der Waals surface area contributed by atoms with E-state index in [-0.39, 0.29) is 17.9 Å². The second-order valence-electron chi connectivity index (χ2n) is 7.22. The van der Waals surface area contributed by atoms with Crippen molar-refractivity contribution in [3.05, 3.63) is 35.4 Å². The number of ether oxygens (including phenoxy) is 1. The molecule has 6 nitrogen and oxygen atoms in total. The molecule has 0 aliphatic carbocycles. The van der Waals surface area contributed by atoms with Gasteiger partial charge in [-0.2, -0.15) is 0 Å². The van der Waals surface area contributed by atoms with Crippen LogP contribution in [0.2, 0.25) is 0 Å². The third-order valence-electron chi connectivity index (χ3n) is 4.36. The number of amides is 2. The number of carbonyl (C=O) groups excluding carboxylic acids is 2. The van der Waals surface area contributed by atoms with Crippen molar-refractivity contribution in [2.75, 3.05) is 26.8 Å². The highest BCUT2D eigenvalue weighted by atomic mass is 16.5. The molecule has 0 aromatic heterocycles. The van der Waals surface area contributed by atoms with Crippen molar-refractivity contribution < 1.29 is 19.4 Å².